The van der Waals surface area contributed by atoms with Crippen LogP contribution in [0.5, 0.6) is 5.75 Å². The molecule has 3 aromatic carbocycles. The van der Waals surface area contributed by atoms with Gasteiger partial charge < -0.3 is 14.0 Å². The third kappa shape index (κ3) is 4.71. The van der Waals surface area contributed by atoms with E-state index in [2.05, 4.69) is 5.16 Å². The number of rotatable bonds is 6. The second-order valence-electron chi connectivity index (χ2n) is 9.62. The first-order chi connectivity index (χ1) is 18.8. The Bertz CT molecular complexity index is 1710. The van der Waals surface area contributed by atoms with Gasteiger partial charge in [0.1, 0.15) is 23.8 Å². The van der Waals surface area contributed by atoms with Crippen LogP contribution in [0.4, 0.5) is 0 Å². The van der Waals surface area contributed by atoms with Gasteiger partial charge in [0.05, 0.1) is 38.1 Å². The zero-order valence-corrected chi connectivity index (χ0v) is 23.2. The minimum Gasteiger partial charge on any atom is -0.489 e. The lowest BCUT2D eigenvalue weighted by molar-refractivity contribution is 0.0600. The number of halogens is 2. The molecule has 10 heteroatoms. The zero-order valence-electron chi connectivity index (χ0n) is 20.9. The molecule has 0 saturated heterocycles. The molecule has 0 radical (unpaired) electrons. The predicted molar refractivity (Wildman–Crippen MR) is 145 cm³/mol. The maximum Gasteiger partial charge on any atom is 0.337 e. The van der Waals surface area contributed by atoms with Crippen molar-refractivity contribution in [3.63, 3.8) is 0 Å². The third-order valence-electron chi connectivity index (χ3n) is 7.11. The monoisotopic (exact) mass is 583 g/mol. The summed E-state index contributed by atoms with van der Waals surface area (Å²) in [5.41, 5.74) is 3.40. The van der Waals surface area contributed by atoms with Crippen molar-refractivity contribution in [3.8, 4) is 17.0 Å². The van der Waals surface area contributed by atoms with Gasteiger partial charge in [0.25, 0.3) is 0 Å². The van der Waals surface area contributed by atoms with Gasteiger partial charge in [-0.3, -0.25) is 0 Å². The average Bonchev–Trinajstić information content (AvgIpc) is 3.71. The Kier molecular flexibility index (Phi) is 6.65. The number of aromatic nitrogens is 1. The van der Waals surface area contributed by atoms with E-state index in [1.807, 2.05) is 0 Å². The Labute approximate surface area is 235 Å². The molecular weight excluding hydrogens is 561 g/mol. The maximum atomic E-state index is 13.6. The van der Waals surface area contributed by atoms with E-state index in [-0.39, 0.29) is 27.9 Å². The molecule has 39 heavy (non-hydrogen) atoms. The molecule has 1 fully saturated rings. The molecule has 0 atom stereocenters. The van der Waals surface area contributed by atoms with Gasteiger partial charge in [0, 0.05) is 11.5 Å². The Hall–Kier alpha value is -3.33. The summed E-state index contributed by atoms with van der Waals surface area (Å²) >= 11 is 12.9. The van der Waals surface area contributed by atoms with E-state index in [9.17, 15) is 13.2 Å². The Balaban J connectivity index is 1.32. The standard InChI is InChI=1S/C29H23Cl2NO6S/c1-36-29(33)19-10-6-16-5-9-18-13-20(11-12-24(18)39(34,35)25(16)14-19)37-15-21-27(32-38-28(21)17-7-8-17)26-22(30)3-2-4-23(26)31/h2-4,6,10-14,17H,5,7-9,15H2,1H3. The molecule has 4 aromatic rings. The summed E-state index contributed by atoms with van der Waals surface area (Å²) < 4.78 is 43.8. The first kappa shape index (κ1) is 25.9. The number of benzene rings is 3. The van der Waals surface area contributed by atoms with Gasteiger partial charge in [0.2, 0.25) is 9.84 Å². The lowest BCUT2D eigenvalue weighted by Crippen LogP contribution is -2.08. The highest BCUT2D eigenvalue weighted by Gasteiger charge is 2.34. The second-order valence-corrected chi connectivity index (χ2v) is 12.3. The van der Waals surface area contributed by atoms with Crippen molar-refractivity contribution < 1.29 is 27.2 Å². The van der Waals surface area contributed by atoms with Crippen LogP contribution in [0.2, 0.25) is 10.0 Å². The van der Waals surface area contributed by atoms with E-state index in [1.165, 1.54) is 13.2 Å². The summed E-state index contributed by atoms with van der Waals surface area (Å²) in [4.78, 5) is 12.3. The predicted octanol–water partition coefficient (Wildman–Crippen LogP) is 6.82. The van der Waals surface area contributed by atoms with E-state index in [0.717, 1.165) is 24.2 Å². The fourth-order valence-electron chi connectivity index (χ4n) is 4.95. The molecule has 1 aromatic heterocycles. The van der Waals surface area contributed by atoms with E-state index in [0.29, 0.717) is 51.0 Å². The molecule has 2 aliphatic rings. The summed E-state index contributed by atoms with van der Waals surface area (Å²) in [6.45, 7) is 0.153. The van der Waals surface area contributed by atoms with E-state index in [1.54, 1.807) is 48.5 Å². The van der Waals surface area contributed by atoms with Gasteiger partial charge in [-0.1, -0.05) is 40.5 Å². The Morgan fingerprint density at radius 1 is 1.00 bits per heavy atom. The van der Waals surface area contributed by atoms with Crippen molar-refractivity contribution in [1.29, 1.82) is 0 Å². The van der Waals surface area contributed by atoms with Crippen LogP contribution in [0.1, 0.15) is 51.6 Å². The molecule has 1 aliphatic heterocycles. The molecule has 0 amide bonds. The molecule has 0 unspecified atom stereocenters. The Morgan fingerprint density at radius 3 is 2.46 bits per heavy atom. The normalized spacial score (nSPS) is 15.7. The largest absolute Gasteiger partial charge is 0.489 e. The van der Waals surface area contributed by atoms with Crippen molar-refractivity contribution in [3.05, 3.63) is 92.7 Å². The second kappa shape index (κ2) is 10.0. The van der Waals surface area contributed by atoms with Crippen LogP contribution in [-0.4, -0.2) is 26.7 Å². The fourth-order valence-corrected chi connectivity index (χ4v) is 7.31. The van der Waals surface area contributed by atoms with E-state index in [4.69, 9.17) is 37.2 Å². The number of methoxy groups -OCH3 is 1. The number of ether oxygens (including phenoxy) is 2. The van der Waals surface area contributed by atoms with Crippen LogP contribution in [0.3, 0.4) is 0 Å². The lowest BCUT2D eigenvalue weighted by Gasteiger charge is -2.12. The number of carbonyl (C=O) groups excluding carboxylic acids is 1. The molecule has 1 aliphatic carbocycles. The zero-order chi connectivity index (χ0) is 27.3. The molecular formula is C29H23Cl2NO6S. The molecule has 200 valence electrons. The quantitative estimate of drug-likeness (QED) is 0.230. The smallest absolute Gasteiger partial charge is 0.337 e. The average molecular weight is 584 g/mol. The molecule has 7 nitrogen and oxygen atoms in total. The summed E-state index contributed by atoms with van der Waals surface area (Å²) in [6, 6.07) is 14.9. The number of fused-ring (bicyclic) bond motifs is 2. The number of carbonyl (C=O) groups is 1. The summed E-state index contributed by atoms with van der Waals surface area (Å²) in [6.07, 6.45) is 3.01. The molecule has 2 heterocycles. The van der Waals surface area contributed by atoms with Crippen LogP contribution in [-0.2, 0) is 34.0 Å². The van der Waals surface area contributed by atoms with Crippen LogP contribution >= 0.6 is 23.2 Å². The number of hydrogen-bond acceptors (Lipinski definition) is 7. The van der Waals surface area contributed by atoms with Gasteiger partial charge in [-0.2, -0.15) is 0 Å². The SMILES string of the molecule is COC(=O)c1ccc2c(c1)S(=O)(=O)c1ccc(OCc3c(-c4c(Cl)cccc4Cl)noc3C3CC3)cc1CC2. The number of aryl methyl sites for hydroxylation is 2. The lowest BCUT2D eigenvalue weighted by atomic mass is 10.0. The fraction of sp³-hybridized carbons (Fsp3) is 0.241. The van der Waals surface area contributed by atoms with Crippen LogP contribution in [0.25, 0.3) is 11.3 Å². The van der Waals surface area contributed by atoms with Gasteiger partial charge in [0.15, 0.2) is 0 Å². The van der Waals surface area contributed by atoms with Crippen molar-refractivity contribution in [1.82, 2.24) is 5.16 Å². The number of hydrogen-bond donors (Lipinski definition) is 0. The van der Waals surface area contributed by atoms with E-state index < -0.39 is 15.8 Å². The van der Waals surface area contributed by atoms with Gasteiger partial charge in [-0.25, -0.2) is 13.2 Å². The molecule has 6 rings (SSSR count). The molecule has 0 N–H and O–H groups in total. The number of nitrogens with zero attached hydrogens (tertiary/aromatic N) is 1. The van der Waals surface area contributed by atoms with Gasteiger partial charge >= 0.3 is 5.97 Å². The van der Waals surface area contributed by atoms with Crippen LogP contribution < -0.4 is 4.74 Å². The number of sulfone groups is 1. The highest BCUT2D eigenvalue weighted by molar-refractivity contribution is 7.91. The highest BCUT2D eigenvalue weighted by atomic mass is 35.5. The maximum absolute atomic E-state index is 13.6. The van der Waals surface area contributed by atoms with Crippen LogP contribution in [0, 0.1) is 0 Å². The van der Waals surface area contributed by atoms with E-state index >= 15 is 0 Å². The minimum atomic E-state index is -3.86. The summed E-state index contributed by atoms with van der Waals surface area (Å²) in [5.74, 6) is 0.967. The first-order valence-electron chi connectivity index (χ1n) is 12.4. The molecule has 0 bridgehead atoms. The van der Waals surface area contributed by atoms with Gasteiger partial charge in [-0.05, 0) is 79.3 Å². The first-order valence-corrected chi connectivity index (χ1v) is 14.7. The summed E-state index contributed by atoms with van der Waals surface area (Å²) in [7, 11) is -2.59. The van der Waals surface area contributed by atoms with Crippen LogP contribution in [0.15, 0.2) is 68.9 Å². The third-order valence-corrected chi connectivity index (χ3v) is 9.68. The number of esters is 1. The van der Waals surface area contributed by atoms with Crippen molar-refractivity contribution in [2.24, 2.45) is 0 Å². The van der Waals surface area contributed by atoms with Crippen molar-refractivity contribution in [2.45, 2.75) is 48.0 Å². The molecule has 0 spiro atoms. The van der Waals surface area contributed by atoms with Gasteiger partial charge in [-0.15, -0.1) is 0 Å². The Morgan fingerprint density at radius 2 is 1.74 bits per heavy atom. The van der Waals surface area contributed by atoms with Crippen molar-refractivity contribution >= 4 is 39.0 Å². The highest BCUT2D eigenvalue weighted by Crippen LogP contribution is 2.46. The minimum absolute atomic E-state index is 0.123. The topological polar surface area (TPSA) is 95.7 Å². The van der Waals surface area contributed by atoms with Crippen molar-refractivity contribution in [2.75, 3.05) is 7.11 Å². The summed E-state index contributed by atoms with van der Waals surface area (Å²) in [5, 5.41) is 5.22. The molecule has 1 saturated carbocycles.